The summed E-state index contributed by atoms with van der Waals surface area (Å²) in [6, 6.07) is -0.321. The van der Waals surface area contributed by atoms with Crippen molar-refractivity contribution in [1.82, 2.24) is 5.32 Å². The van der Waals surface area contributed by atoms with Crippen molar-refractivity contribution < 1.29 is 13.9 Å². The highest BCUT2D eigenvalue weighted by molar-refractivity contribution is 5.96. The number of carbonyl (C=O) groups is 1. The number of hydrogen-bond acceptors (Lipinski definition) is 3. The molecular weight excluding hydrogens is 271 g/mol. The summed E-state index contributed by atoms with van der Waals surface area (Å²) < 4.78 is 17.3. The van der Waals surface area contributed by atoms with Gasteiger partial charge in [-0.15, -0.1) is 6.58 Å². The van der Waals surface area contributed by atoms with Gasteiger partial charge in [-0.05, 0) is 31.6 Å². The normalized spacial score (nSPS) is 13.9. The van der Waals surface area contributed by atoms with Gasteiger partial charge in [-0.3, -0.25) is 4.79 Å². The van der Waals surface area contributed by atoms with E-state index in [4.69, 9.17) is 10.5 Å². The van der Waals surface area contributed by atoms with E-state index in [0.29, 0.717) is 17.7 Å². The summed E-state index contributed by atoms with van der Waals surface area (Å²) >= 11 is 0. The van der Waals surface area contributed by atoms with Crippen LogP contribution in [-0.4, -0.2) is 25.7 Å². The molecule has 0 aliphatic rings. The number of hydrogen-bond donors (Lipinski definition) is 2. The molecule has 0 bridgehead atoms. The lowest BCUT2D eigenvalue weighted by atomic mass is 10.1. The zero-order valence-corrected chi connectivity index (χ0v) is 12.6. The van der Waals surface area contributed by atoms with Crippen LogP contribution in [0, 0.1) is 0 Å². The molecule has 3 N–H and O–H groups in total. The van der Waals surface area contributed by atoms with E-state index in [-0.39, 0.29) is 17.7 Å². The molecule has 0 saturated heterocycles. The maximum Gasteiger partial charge on any atom is 0.251 e. The van der Waals surface area contributed by atoms with Gasteiger partial charge in [0.25, 0.3) is 5.91 Å². The molecule has 116 valence electrons. The van der Waals surface area contributed by atoms with E-state index in [1.165, 1.54) is 7.11 Å². The third-order valence-corrected chi connectivity index (χ3v) is 2.64. The number of nitrogens with one attached hydrogen (secondary N) is 1. The minimum absolute atomic E-state index is 0.224. The Labute approximate surface area is 125 Å². The average Bonchev–Trinajstić information content (AvgIpc) is 2.47. The number of carbonyl (C=O) groups excluding carboxylic acids is 1. The summed E-state index contributed by atoms with van der Waals surface area (Å²) in [4.78, 5) is 12.1. The van der Waals surface area contributed by atoms with Crippen LogP contribution in [0.15, 0.2) is 60.6 Å². The molecule has 0 heterocycles. The van der Waals surface area contributed by atoms with Crippen LogP contribution in [0.1, 0.15) is 13.3 Å². The fourth-order valence-corrected chi connectivity index (χ4v) is 1.42. The maximum absolute atomic E-state index is 12.5. The SMILES string of the molecule is C=CC(C/C=C(\CF)OC)NC(=O)C(/C=C\C(=C)N)=C/C. The first kappa shape index (κ1) is 18.7. The molecule has 0 saturated carbocycles. The third-order valence-electron chi connectivity index (χ3n) is 2.64. The number of alkyl halides is 1. The van der Waals surface area contributed by atoms with Crippen LogP contribution in [-0.2, 0) is 9.53 Å². The molecule has 0 aromatic heterocycles. The number of nitrogens with two attached hydrogens (primary N) is 1. The van der Waals surface area contributed by atoms with Gasteiger partial charge >= 0.3 is 0 Å². The molecule has 0 aromatic carbocycles. The fraction of sp³-hybridized carbons (Fsp3) is 0.312. The number of ether oxygens (including phenoxy) is 1. The van der Waals surface area contributed by atoms with E-state index in [2.05, 4.69) is 18.5 Å². The zero-order chi connectivity index (χ0) is 16.3. The molecule has 4 nitrogen and oxygen atoms in total. The molecule has 0 fully saturated rings. The van der Waals surface area contributed by atoms with E-state index in [0.717, 1.165) is 0 Å². The Morgan fingerprint density at radius 2 is 2.14 bits per heavy atom. The first-order valence-electron chi connectivity index (χ1n) is 6.49. The minimum Gasteiger partial charge on any atom is -0.499 e. The molecule has 1 amide bonds. The quantitative estimate of drug-likeness (QED) is 0.297. The number of halogens is 1. The predicted octanol–water partition coefficient (Wildman–Crippen LogP) is 2.52. The molecule has 0 rings (SSSR count). The Bertz CT molecular complexity index is 459. The Morgan fingerprint density at radius 1 is 1.48 bits per heavy atom. The molecule has 0 aliphatic carbocycles. The van der Waals surface area contributed by atoms with Gasteiger partial charge in [0.1, 0.15) is 12.4 Å². The van der Waals surface area contributed by atoms with Crippen molar-refractivity contribution in [3.63, 3.8) is 0 Å². The highest BCUT2D eigenvalue weighted by Crippen LogP contribution is 2.05. The summed E-state index contributed by atoms with van der Waals surface area (Å²) in [5.41, 5.74) is 6.23. The van der Waals surface area contributed by atoms with Gasteiger partial charge in [-0.1, -0.05) is 18.7 Å². The fourth-order valence-electron chi connectivity index (χ4n) is 1.42. The topological polar surface area (TPSA) is 64.3 Å². The van der Waals surface area contributed by atoms with E-state index >= 15 is 0 Å². The van der Waals surface area contributed by atoms with E-state index in [1.54, 1.807) is 37.3 Å². The smallest absolute Gasteiger partial charge is 0.251 e. The van der Waals surface area contributed by atoms with Crippen LogP contribution in [0.4, 0.5) is 4.39 Å². The molecule has 0 spiro atoms. The average molecular weight is 294 g/mol. The van der Waals surface area contributed by atoms with Crippen molar-refractivity contribution in [2.45, 2.75) is 19.4 Å². The second kappa shape index (κ2) is 10.5. The summed E-state index contributed by atoms with van der Waals surface area (Å²) in [6.45, 7) is 8.24. The van der Waals surface area contributed by atoms with Crippen LogP contribution >= 0.6 is 0 Å². The predicted molar refractivity (Wildman–Crippen MR) is 84.0 cm³/mol. The molecule has 5 heteroatoms. The van der Waals surface area contributed by atoms with Crippen LogP contribution in [0.2, 0.25) is 0 Å². The summed E-state index contributed by atoms with van der Waals surface area (Å²) in [7, 11) is 1.40. The molecular formula is C16H23FN2O2. The van der Waals surface area contributed by atoms with Crippen molar-refractivity contribution in [3.8, 4) is 0 Å². The summed E-state index contributed by atoms with van der Waals surface area (Å²) in [5.74, 6) is -0.0470. The molecule has 1 unspecified atom stereocenters. The number of rotatable bonds is 9. The number of amides is 1. The maximum atomic E-state index is 12.5. The van der Waals surface area contributed by atoms with Gasteiger partial charge in [0.15, 0.2) is 0 Å². The lowest BCUT2D eigenvalue weighted by molar-refractivity contribution is -0.117. The van der Waals surface area contributed by atoms with Crippen molar-refractivity contribution in [2.75, 3.05) is 13.8 Å². The minimum atomic E-state index is -0.685. The third kappa shape index (κ3) is 7.77. The van der Waals surface area contributed by atoms with Gasteiger partial charge in [-0.25, -0.2) is 4.39 Å². The molecule has 0 aliphatic heterocycles. The first-order valence-corrected chi connectivity index (χ1v) is 6.49. The van der Waals surface area contributed by atoms with Crippen LogP contribution in [0.5, 0.6) is 0 Å². The zero-order valence-electron chi connectivity index (χ0n) is 12.6. The molecule has 0 aromatic rings. The number of allylic oxidation sites excluding steroid dienone is 3. The molecule has 1 atom stereocenters. The van der Waals surface area contributed by atoms with Gasteiger partial charge in [0.05, 0.1) is 13.2 Å². The van der Waals surface area contributed by atoms with Crippen molar-refractivity contribution in [2.24, 2.45) is 5.73 Å². The lowest BCUT2D eigenvalue weighted by Crippen LogP contribution is -2.33. The van der Waals surface area contributed by atoms with E-state index < -0.39 is 6.67 Å². The van der Waals surface area contributed by atoms with E-state index in [1.807, 2.05) is 0 Å². The lowest BCUT2D eigenvalue weighted by Gasteiger charge is -2.14. The molecule has 21 heavy (non-hydrogen) atoms. The van der Waals surface area contributed by atoms with Crippen LogP contribution in [0.25, 0.3) is 0 Å². The second-order valence-corrected chi connectivity index (χ2v) is 4.21. The Morgan fingerprint density at radius 3 is 2.57 bits per heavy atom. The Balaban J connectivity index is 4.74. The summed E-state index contributed by atoms with van der Waals surface area (Å²) in [6.07, 6.45) is 8.34. The van der Waals surface area contributed by atoms with E-state index in [9.17, 15) is 9.18 Å². The Kier molecular flexibility index (Phi) is 9.33. The Hall–Kier alpha value is -2.30. The highest BCUT2D eigenvalue weighted by atomic mass is 19.1. The van der Waals surface area contributed by atoms with Crippen molar-refractivity contribution >= 4 is 5.91 Å². The molecule has 0 radical (unpaired) electrons. The first-order chi connectivity index (χ1) is 9.98. The standard InChI is InChI=1S/C16H23FN2O2/c1-5-13(8-7-12(3)18)16(20)19-14(6-2)9-10-15(11-17)21-4/h5-8,10,14H,2-3,9,11,18H2,1,4H3,(H,19,20)/b8-7-,13-5+,15-10+. The van der Waals surface area contributed by atoms with Gasteiger partial charge in [-0.2, -0.15) is 0 Å². The largest absolute Gasteiger partial charge is 0.499 e. The van der Waals surface area contributed by atoms with Crippen molar-refractivity contribution in [1.29, 1.82) is 0 Å². The number of methoxy groups -OCH3 is 1. The van der Waals surface area contributed by atoms with Gasteiger partial charge in [0, 0.05) is 11.3 Å². The van der Waals surface area contributed by atoms with Gasteiger partial charge in [0.2, 0.25) is 0 Å². The summed E-state index contributed by atoms with van der Waals surface area (Å²) in [5, 5.41) is 2.78. The van der Waals surface area contributed by atoms with Crippen LogP contribution in [0.3, 0.4) is 0 Å². The van der Waals surface area contributed by atoms with Gasteiger partial charge < -0.3 is 15.8 Å². The second-order valence-electron chi connectivity index (χ2n) is 4.21. The van der Waals surface area contributed by atoms with Crippen molar-refractivity contribution in [3.05, 3.63) is 60.6 Å². The highest BCUT2D eigenvalue weighted by Gasteiger charge is 2.10. The monoisotopic (exact) mass is 294 g/mol. The van der Waals surface area contributed by atoms with Crippen LogP contribution < -0.4 is 11.1 Å².